The molecule has 0 unspecified atom stereocenters. The highest BCUT2D eigenvalue weighted by Gasteiger charge is 1.98. The first-order chi connectivity index (χ1) is 5.84. The van der Waals surface area contributed by atoms with E-state index in [-0.39, 0.29) is 0 Å². The van der Waals surface area contributed by atoms with Crippen LogP contribution in [0.5, 0.6) is 0 Å². The average molecular weight is 250 g/mol. The van der Waals surface area contributed by atoms with E-state index in [4.69, 9.17) is 4.74 Å². The lowest BCUT2D eigenvalue weighted by Gasteiger charge is -2.01. The number of ether oxygens (including phenoxy) is 1. The van der Waals surface area contributed by atoms with Crippen LogP contribution in [0.4, 0.5) is 0 Å². The molecule has 68 valence electrons. The van der Waals surface area contributed by atoms with E-state index < -0.39 is 0 Å². The quantitative estimate of drug-likeness (QED) is 0.809. The molecule has 0 aliphatic rings. The predicted octanol–water partition coefficient (Wildman–Crippen LogP) is 2.25. The number of hydrogen-bond acceptors (Lipinski definition) is 3. The van der Waals surface area contributed by atoms with Crippen molar-refractivity contribution >= 4 is 27.3 Å². The van der Waals surface area contributed by atoms with Crippen LogP contribution in [0.15, 0.2) is 15.9 Å². The minimum absolute atomic E-state index is 0.767. The van der Waals surface area contributed by atoms with Crippen molar-refractivity contribution in [2.24, 2.45) is 0 Å². The second kappa shape index (κ2) is 5.70. The van der Waals surface area contributed by atoms with Crippen molar-refractivity contribution in [3.8, 4) is 0 Å². The molecule has 0 aliphatic heterocycles. The summed E-state index contributed by atoms with van der Waals surface area (Å²) in [5.41, 5.74) is 0. The molecular weight excluding hydrogens is 238 g/mol. The summed E-state index contributed by atoms with van der Waals surface area (Å²) < 4.78 is 6.11. The normalized spacial score (nSPS) is 10.5. The zero-order chi connectivity index (χ0) is 8.81. The topological polar surface area (TPSA) is 21.3 Å². The number of nitrogens with one attached hydrogen (secondary N) is 1. The Morgan fingerprint density at radius 2 is 2.50 bits per heavy atom. The van der Waals surface area contributed by atoms with Gasteiger partial charge in [-0.15, -0.1) is 11.3 Å². The molecule has 0 fully saturated rings. The van der Waals surface area contributed by atoms with E-state index in [1.54, 1.807) is 18.4 Å². The largest absolute Gasteiger partial charge is 0.383 e. The maximum atomic E-state index is 4.92. The maximum Gasteiger partial charge on any atom is 0.0587 e. The molecule has 0 radical (unpaired) electrons. The third-order valence-corrected chi connectivity index (χ3v) is 3.39. The van der Waals surface area contributed by atoms with Gasteiger partial charge in [0.25, 0.3) is 0 Å². The molecule has 0 aromatic carbocycles. The Morgan fingerprint density at radius 3 is 3.08 bits per heavy atom. The molecule has 0 saturated carbocycles. The third-order valence-electron chi connectivity index (χ3n) is 1.46. The molecule has 1 heterocycles. The summed E-state index contributed by atoms with van der Waals surface area (Å²) in [6.07, 6.45) is 0. The van der Waals surface area contributed by atoms with Gasteiger partial charge in [0.05, 0.1) is 6.61 Å². The highest BCUT2D eigenvalue weighted by molar-refractivity contribution is 9.10. The SMILES string of the molecule is COCCNCc1sccc1Br. The summed E-state index contributed by atoms with van der Waals surface area (Å²) in [6.45, 7) is 2.59. The summed E-state index contributed by atoms with van der Waals surface area (Å²) >= 11 is 5.23. The van der Waals surface area contributed by atoms with Crippen LogP contribution in [0, 0.1) is 0 Å². The summed E-state index contributed by atoms with van der Waals surface area (Å²) in [5, 5.41) is 5.37. The molecule has 2 nitrogen and oxygen atoms in total. The van der Waals surface area contributed by atoms with Crippen LogP contribution in [0.25, 0.3) is 0 Å². The van der Waals surface area contributed by atoms with Crippen molar-refractivity contribution in [1.29, 1.82) is 0 Å². The second-order valence-electron chi connectivity index (χ2n) is 2.36. The van der Waals surface area contributed by atoms with Gasteiger partial charge >= 0.3 is 0 Å². The fraction of sp³-hybridized carbons (Fsp3) is 0.500. The van der Waals surface area contributed by atoms with Crippen molar-refractivity contribution in [1.82, 2.24) is 5.32 Å². The monoisotopic (exact) mass is 249 g/mol. The summed E-state index contributed by atoms with van der Waals surface area (Å²) in [7, 11) is 1.71. The van der Waals surface area contributed by atoms with Crippen molar-refractivity contribution in [2.75, 3.05) is 20.3 Å². The number of halogens is 1. The molecule has 12 heavy (non-hydrogen) atoms. The van der Waals surface area contributed by atoms with Crippen LogP contribution in [0.2, 0.25) is 0 Å². The van der Waals surface area contributed by atoms with Gasteiger partial charge in [0.1, 0.15) is 0 Å². The van der Waals surface area contributed by atoms with Crippen molar-refractivity contribution < 1.29 is 4.74 Å². The highest BCUT2D eigenvalue weighted by Crippen LogP contribution is 2.21. The molecule has 1 aromatic rings. The van der Waals surface area contributed by atoms with Crippen LogP contribution in [-0.4, -0.2) is 20.3 Å². The molecule has 0 aliphatic carbocycles. The standard InChI is InChI=1S/C8H12BrNOS/c1-11-4-3-10-6-8-7(9)2-5-12-8/h2,5,10H,3-4,6H2,1H3. The van der Waals surface area contributed by atoms with Crippen molar-refractivity contribution in [3.63, 3.8) is 0 Å². The zero-order valence-corrected chi connectivity index (χ0v) is 9.37. The minimum atomic E-state index is 0.767. The lowest BCUT2D eigenvalue weighted by Crippen LogP contribution is -2.17. The zero-order valence-electron chi connectivity index (χ0n) is 6.97. The third kappa shape index (κ3) is 3.23. The Hall–Kier alpha value is 0.100. The molecular formula is C8H12BrNOS. The van der Waals surface area contributed by atoms with Gasteiger partial charge in [-0.25, -0.2) is 0 Å². The Labute approximate surface area is 85.1 Å². The molecule has 0 bridgehead atoms. The van der Waals surface area contributed by atoms with Crippen molar-refractivity contribution in [2.45, 2.75) is 6.54 Å². The van der Waals surface area contributed by atoms with Gasteiger partial charge in [-0.3, -0.25) is 0 Å². The van der Waals surface area contributed by atoms with Crippen LogP contribution >= 0.6 is 27.3 Å². The van der Waals surface area contributed by atoms with E-state index in [9.17, 15) is 0 Å². The average Bonchev–Trinajstić information content (AvgIpc) is 2.46. The van der Waals surface area contributed by atoms with Gasteiger partial charge < -0.3 is 10.1 Å². The van der Waals surface area contributed by atoms with Crippen LogP contribution in [0.3, 0.4) is 0 Å². The smallest absolute Gasteiger partial charge is 0.0587 e. The van der Waals surface area contributed by atoms with E-state index in [0.29, 0.717) is 0 Å². The summed E-state index contributed by atoms with van der Waals surface area (Å²) in [5.74, 6) is 0. The molecule has 0 spiro atoms. The van der Waals surface area contributed by atoms with E-state index in [1.165, 1.54) is 9.35 Å². The van der Waals surface area contributed by atoms with Crippen LogP contribution in [0.1, 0.15) is 4.88 Å². The Kier molecular flexibility index (Phi) is 4.83. The van der Waals surface area contributed by atoms with Crippen LogP contribution < -0.4 is 5.32 Å². The molecule has 0 atom stereocenters. The lowest BCUT2D eigenvalue weighted by atomic mass is 10.4. The van der Waals surface area contributed by atoms with E-state index in [1.807, 2.05) is 0 Å². The Morgan fingerprint density at radius 1 is 1.67 bits per heavy atom. The van der Waals surface area contributed by atoms with Crippen LogP contribution in [-0.2, 0) is 11.3 Å². The molecule has 1 aromatic heterocycles. The van der Waals surface area contributed by atoms with E-state index in [0.717, 1.165) is 19.7 Å². The van der Waals surface area contributed by atoms with E-state index >= 15 is 0 Å². The van der Waals surface area contributed by atoms with Gasteiger partial charge in [-0.05, 0) is 27.4 Å². The molecule has 1 N–H and O–H groups in total. The van der Waals surface area contributed by atoms with E-state index in [2.05, 4.69) is 32.7 Å². The lowest BCUT2D eigenvalue weighted by molar-refractivity contribution is 0.199. The first-order valence-electron chi connectivity index (χ1n) is 3.76. The first kappa shape index (κ1) is 10.2. The number of rotatable bonds is 5. The van der Waals surface area contributed by atoms with Crippen molar-refractivity contribution in [3.05, 3.63) is 20.8 Å². The Bertz CT molecular complexity index is 227. The van der Waals surface area contributed by atoms with Gasteiger partial charge in [0.2, 0.25) is 0 Å². The maximum absolute atomic E-state index is 4.92. The molecule has 0 saturated heterocycles. The predicted molar refractivity (Wildman–Crippen MR) is 55.6 cm³/mol. The van der Waals surface area contributed by atoms with Gasteiger partial charge in [-0.1, -0.05) is 0 Å². The van der Waals surface area contributed by atoms with Gasteiger partial charge in [-0.2, -0.15) is 0 Å². The minimum Gasteiger partial charge on any atom is -0.383 e. The number of hydrogen-bond donors (Lipinski definition) is 1. The van der Waals surface area contributed by atoms with Gasteiger partial charge in [0, 0.05) is 29.5 Å². The number of methoxy groups -OCH3 is 1. The number of thiophene rings is 1. The fourth-order valence-corrected chi connectivity index (χ4v) is 2.29. The highest BCUT2D eigenvalue weighted by atomic mass is 79.9. The molecule has 4 heteroatoms. The molecule has 0 amide bonds. The Balaban J connectivity index is 2.20. The second-order valence-corrected chi connectivity index (χ2v) is 4.22. The summed E-state index contributed by atoms with van der Waals surface area (Å²) in [6, 6.07) is 2.07. The summed E-state index contributed by atoms with van der Waals surface area (Å²) in [4.78, 5) is 1.34. The van der Waals surface area contributed by atoms with Gasteiger partial charge in [0.15, 0.2) is 0 Å². The molecule has 1 rings (SSSR count). The fourth-order valence-electron chi connectivity index (χ4n) is 0.827. The first-order valence-corrected chi connectivity index (χ1v) is 5.43.